The van der Waals surface area contributed by atoms with Crippen molar-refractivity contribution < 1.29 is 22.8 Å². The molecule has 0 aliphatic heterocycles. The summed E-state index contributed by atoms with van der Waals surface area (Å²) in [7, 11) is 0. The highest BCUT2D eigenvalue weighted by Gasteiger charge is 2.29. The molecule has 140 valence electrons. The van der Waals surface area contributed by atoms with Crippen LogP contribution in [0.25, 0.3) is 0 Å². The van der Waals surface area contributed by atoms with E-state index in [1.165, 1.54) is 34.8 Å². The van der Waals surface area contributed by atoms with Gasteiger partial charge in [-0.1, -0.05) is 0 Å². The molecule has 0 radical (unpaired) electrons. The molecule has 2 aromatic heterocycles. The Balaban J connectivity index is 1.53. The van der Waals surface area contributed by atoms with E-state index in [2.05, 4.69) is 10.6 Å². The van der Waals surface area contributed by atoms with Crippen molar-refractivity contribution in [1.82, 2.24) is 5.32 Å². The topological polar surface area (TPSA) is 58.2 Å². The Morgan fingerprint density at radius 2 is 1.74 bits per heavy atom. The van der Waals surface area contributed by atoms with Crippen molar-refractivity contribution in [3.05, 3.63) is 74.1 Å². The molecule has 0 fully saturated rings. The summed E-state index contributed by atoms with van der Waals surface area (Å²) in [6.07, 6.45) is -4.42. The van der Waals surface area contributed by atoms with Crippen LogP contribution in [0.4, 0.5) is 23.7 Å². The molecule has 0 atom stereocenters. The third-order valence-corrected chi connectivity index (χ3v) is 5.33. The van der Waals surface area contributed by atoms with Crippen LogP contribution in [0.2, 0.25) is 0 Å². The van der Waals surface area contributed by atoms with Crippen molar-refractivity contribution in [3.63, 3.8) is 0 Å². The predicted octanol–water partition coefficient (Wildman–Crippen LogP) is 5.38. The molecule has 0 bridgehead atoms. The van der Waals surface area contributed by atoms with Gasteiger partial charge in [-0.3, -0.25) is 4.79 Å². The van der Waals surface area contributed by atoms with E-state index in [0.717, 1.165) is 17.0 Å². The summed E-state index contributed by atoms with van der Waals surface area (Å²) in [5.74, 6) is -0.0679. The van der Waals surface area contributed by atoms with Crippen molar-refractivity contribution in [2.24, 2.45) is 0 Å². The molecule has 0 saturated carbocycles. The Morgan fingerprint density at radius 1 is 1.00 bits per heavy atom. The molecule has 1 aromatic carbocycles. The van der Waals surface area contributed by atoms with Gasteiger partial charge >= 0.3 is 12.2 Å². The average Bonchev–Trinajstić information content (AvgIpc) is 3.31. The minimum atomic E-state index is -4.42. The number of anilines is 1. The maximum absolute atomic E-state index is 12.5. The Hall–Kier alpha value is -2.65. The number of rotatable bonds is 5. The lowest BCUT2D eigenvalue weighted by Gasteiger charge is -2.09. The van der Waals surface area contributed by atoms with Gasteiger partial charge in [0, 0.05) is 21.5 Å². The Kier molecular flexibility index (Phi) is 5.62. The summed E-state index contributed by atoms with van der Waals surface area (Å²) < 4.78 is 37.6. The number of thiophene rings is 2. The van der Waals surface area contributed by atoms with E-state index < -0.39 is 17.8 Å². The second kappa shape index (κ2) is 7.93. The van der Waals surface area contributed by atoms with E-state index >= 15 is 0 Å². The number of urea groups is 1. The number of alkyl halides is 3. The molecule has 0 aliphatic carbocycles. The zero-order valence-corrected chi connectivity index (χ0v) is 15.3. The van der Waals surface area contributed by atoms with Crippen molar-refractivity contribution in [2.45, 2.75) is 12.7 Å². The zero-order valence-electron chi connectivity index (χ0n) is 13.7. The second-order valence-electron chi connectivity index (χ2n) is 5.49. The molecule has 9 heteroatoms. The average molecular weight is 410 g/mol. The van der Waals surface area contributed by atoms with Crippen LogP contribution in [0.1, 0.15) is 25.7 Å². The van der Waals surface area contributed by atoms with E-state index in [1.807, 2.05) is 5.38 Å². The fourth-order valence-corrected chi connectivity index (χ4v) is 3.76. The van der Waals surface area contributed by atoms with Crippen LogP contribution in [0.5, 0.6) is 0 Å². The Labute approximate surface area is 160 Å². The van der Waals surface area contributed by atoms with E-state index in [1.54, 1.807) is 23.6 Å². The standard InChI is InChI=1S/C18H13F3N2O2S2/c19-18(20,21)12-1-3-13(4-2-12)23-17(25)22-9-14-5-6-15(27-14)16(24)11-7-8-26-10-11/h1-8,10H,9H2,(H2,22,23,25). The van der Waals surface area contributed by atoms with Crippen molar-refractivity contribution in [1.29, 1.82) is 0 Å². The van der Waals surface area contributed by atoms with Gasteiger partial charge < -0.3 is 10.6 Å². The summed E-state index contributed by atoms with van der Waals surface area (Å²) in [6.45, 7) is 0.202. The highest BCUT2D eigenvalue weighted by atomic mass is 32.1. The molecule has 2 heterocycles. The van der Waals surface area contributed by atoms with E-state index in [-0.39, 0.29) is 18.0 Å². The SMILES string of the molecule is O=C(NCc1ccc(C(=O)c2ccsc2)s1)Nc1ccc(C(F)(F)F)cc1. The van der Waals surface area contributed by atoms with Gasteiger partial charge in [0.25, 0.3) is 0 Å². The van der Waals surface area contributed by atoms with E-state index in [9.17, 15) is 22.8 Å². The molecule has 2 amide bonds. The third kappa shape index (κ3) is 4.95. The molecule has 0 saturated heterocycles. The first-order valence-corrected chi connectivity index (χ1v) is 9.46. The summed E-state index contributed by atoms with van der Waals surface area (Å²) >= 11 is 2.72. The zero-order chi connectivity index (χ0) is 19.4. The minimum absolute atomic E-state index is 0.0679. The molecule has 3 aromatic rings. The molecule has 3 rings (SSSR count). The monoisotopic (exact) mass is 410 g/mol. The van der Waals surface area contributed by atoms with Crippen LogP contribution in [0, 0.1) is 0 Å². The van der Waals surface area contributed by atoms with Crippen molar-refractivity contribution >= 4 is 40.2 Å². The molecule has 0 unspecified atom stereocenters. The Morgan fingerprint density at radius 3 is 2.37 bits per heavy atom. The molecular formula is C18H13F3N2O2S2. The van der Waals surface area contributed by atoms with Crippen LogP contribution >= 0.6 is 22.7 Å². The second-order valence-corrected chi connectivity index (χ2v) is 7.44. The highest BCUT2D eigenvalue weighted by Crippen LogP contribution is 2.29. The van der Waals surface area contributed by atoms with Crippen LogP contribution in [-0.2, 0) is 12.7 Å². The summed E-state index contributed by atoms with van der Waals surface area (Å²) in [5.41, 5.74) is 0.0938. The summed E-state index contributed by atoms with van der Waals surface area (Å²) in [4.78, 5) is 25.5. The maximum atomic E-state index is 12.5. The first kappa shape index (κ1) is 19.1. The predicted molar refractivity (Wildman–Crippen MR) is 99.4 cm³/mol. The fraction of sp³-hybridized carbons (Fsp3) is 0.111. The van der Waals surface area contributed by atoms with Crippen LogP contribution in [0.3, 0.4) is 0 Å². The molecule has 2 N–H and O–H groups in total. The Bertz CT molecular complexity index is 932. The fourth-order valence-electron chi connectivity index (χ4n) is 2.22. The van der Waals surface area contributed by atoms with Crippen LogP contribution < -0.4 is 10.6 Å². The molecule has 27 heavy (non-hydrogen) atoms. The maximum Gasteiger partial charge on any atom is 0.416 e. The molecule has 0 spiro atoms. The van der Waals surface area contributed by atoms with Gasteiger partial charge in [0.2, 0.25) is 5.78 Å². The minimum Gasteiger partial charge on any atom is -0.333 e. The van der Waals surface area contributed by atoms with Gasteiger partial charge in [-0.15, -0.1) is 11.3 Å². The molecule has 0 aliphatic rings. The number of halogens is 3. The number of carbonyl (C=O) groups excluding carboxylic acids is 2. The van der Waals surface area contributed by atoms with Crippen molar-refractivity contribution in [3.8, 4) is 0 Å². The van der Waals surface area contributed by atoms with Gasteiger partial charge in [-0.25, -0.2) is 4.79 Å². The van der Waals surface area contributed by atoms with E-state index in [4.69, 9.17) is 0 Å². The number of benzene rings is 1. The number of ketones is 1. The van der Waals surface area contributed by atoms with Gasteiger partial charge in [0.15, 0.2) is 0 Å². The van der Waals surface area contributed by atoms with E-state index in [0.29, 0.717) is 10.4 Å². The summed E-state index contributed by atoms with van der Waals surface area (Å²) in [6, 6.07) is 8.83. The third-order valence-electron chi connectivity index (χ3n) is 3.56. The van der Waals surface area contributed by atoms with Gasteiger partial charge in [-0.2, -0.15) is 24.5 Å². The lowest BCUT2D eigenvalue weighted by Crippen LogP contribution is -2.27. The smallest absolute Gasteiger partial charge is 0.333 e. The van der Waals surface area contributed by atoms with Crippen LogP contribution in [0.15, 0.2) is 53.2 Å². The lowest BCUT2D eigenvalue weighted by atomic mass is 10.2. The van der Waals surface area contributed by atoms with Gasteiger partial charge in [0.1, 0.15) is 0 Å². The van der Waals surface area contributed by atoms with Gasteiger partial charge in [-0.05, 0) is 47.8 Å². The highest BCUT2D eigenvalue weighted by molar-refractivity contribution is 7.14. The molecular weight excluding hydrogens is 397 g/mol. The van der Waals surface area contributed by atoms with Crippen LogP contribution in [-0.4, -0.2) is 11.8 Å². The quantitative estimate of drug-likeness (QED) is 0.555. The molecule has 4 nitrogen and oxygen atoms in total. The number of carbonyl (C=O) groups is 2. The number of hydrogen-bond donors (Lipinski definition) is 2. The lowest BCUT2D eigenvalue weighted by molar-refractivity contribution is -0.137. The van der Waals surface area contributed by atoms with Crippen molar-refractivity contribution in [2.75, 3.05) is 5.32 Å². The first-order valence-electron chi connectivity index (χ1n) is 7.70. The van der Waals surface area contributed by atoms with Gasteiger partial charge in [0.05, 0.1) is 17.0 Å². The number of hydrogen-bond acceptors (Lipinski definition) is 4. The largest absolute Gasteiger partial charge is 0.416 e. The number of nitrogens with one attached hydrogen (secondary N) is 2. The summed E-state index contributed by atoms with van der Waals surface area (Å²) in [5, 5.41) is 8.68. The first-order chi connectivity index (χ1) is 12.8. The number of amides is 2. The normalized spacial score (nSPS) is 11.2.